The van der Waals surface area contributed by atoms with Crippen LogP contribution < -0.4 is 14.8 Å². The first-order chi connectivity index (χ1) is 13.1. The van der Waals surface area contributed by atoms with Gasteiger partial charge in [0.2, 0.25) is 0 Å². The van der Waals surface area contributed by atoms with E-state index in [4.69, 9.17) is 9.47 Å². The summed E-state index contributed by atoms with van der Waals surface area (Å²) in [6.45, 7) is 1.19. The number of carbonyl (C=O) groups is 1. The normalized spacial score (nSPS) is 13.1. The van der Waals surface area contributed by atoms with Gasteiger partial charge in [0.05, 0.1) is 18.8 Å². The fourth-order valence-corrected chi connectivity index (χ4v) is 2.91. The van der Waals surface area contributed by atoms with Crippen molar-refractivity contribution in [3.05, 3.63) is 60.0 Å². The first-order valence-electron chi connectivity index (χ1n) is 8.61. The highest BCUT2D eigenvalue weighted by Crippen LogP contribution is 2.34. The van der Waals surface area contributed by atoms with Crippen molar-refractivity contribution in [2.75, 3.05) is 18.5 Å². The molecule has 1 aliphatic heterocycles. The van der Waals surface area contributed by atoms with Gasteiger partial charge in [0.25, 0.3) is 5.91 Å². The Bertz CT molecular complexity index is 983. The lowest BCUT2D eigenvalue weighted by Crippen LogP contribution is -2.12. The monoisotopic (exact) mass is 367 g/mol. The molecule has 0 unspecified atom stereocenters. The number of halogens is 1. The fourth-order valence-electron chi connectivity index (χ4n) is 2.91. The molecule has 0 saturated carbocycles. The molecule has 138 valence electrons. The summed E-state index contributed by atoms with van der Waals surface area (Å²) >= 11 is 0. The van der Waals surface area contributed by atoms with Gasteiger partial charge in [0.1, 0.15) is 11.5 Å². The van der Waals surface area contributed by atoms with Gasteiger partial charge in [-0.2, -0.15) is 5.10 Å². The van der Waals surface area contributed by atoms with Gasteiger partial charge in [-0.3, -0.25) is 9.48 Å². The second-order valence-corrected chi connectivity index (χ2v) is 6.24. The molecular weight excluding hydrogens is 349 g/mol. The number of nitrogens with zero attached hydrogens (tertiary/aromatic N) is 2. The van der Waals surface area contributed by atoms with Crippen LogP contribution in [0.25, 0.3) is 11.3 Å². The third kappa shape index (κ3) is 3.62. The molecule has 0 bridgehead atoms. The zero-order chi connectivity index (χ0) is 18.8. The van der Waals surface area contributed by atoms with Gasteiger partial charge in [-0.15, -0.1) is 0 Å². The molecule has 27 heavy (non-hydrogen) atoms. The van der Waals surface area contributed by atoms with Crippen LogP contribution in [-0.4, -0.2) is 28.9 Å². The molecule has 1 aromatic heterocycles. The Balaban J connectivity index is 1.65. The van der Waals surface area contributed by atoms with Crippen LogP contribution in [0.3, 0.4) is 0 Å². The number of nitrogens with one attached hydrogen (secondary N) is 1. The Morgan fingerprint density at radius 2 is 1.85 bits per heavy atom. The van der Waals surface area contributed by atoms with Crippen LogP contribution in [0.2, 0.25) is 0 Å². The lowest BCUT2D eigenvalue weighted by atomic mass is 10.1. The van der Waals surface area contributed by atoms with Crippen LogP contribution in [0.4, 0.5) is 10.1 Å². The van der Waals surface area contributed by atoms with Gasteiger partial charge in [-0.05, 0) is 42.5 Å². The van der Waals surface area contributed by atoms with Gasteiger partial charge in [0, 0.05) is 30.9 Å². The molecule has 0 radical (unpaired) electrons. The zero-order valence-electron chi connectivity index (χ0n) is 14.7. The summed E-state index contributed by atoms with van der Waals surface area (Å²) in [7, 11) is 1.75. The van der Waals surface area contributed by atoms with E-state index in [1.54, 1.807) is 17.9 Å². The summed E-state index contributed by atoms with van der Waals surface area (Å²) < 4.78 is 26.0. The molecule has 0 saturated heterocycles. The number of anilines is 1. The molecule has 0 atom stereocenters. The second-order valence-electron chi connectivity index (χ2n) is 6.24. The van der Waals surface area contributed by atoms with Crippen molar-refractivity contribution in [3.63, 3.8) is 0 Å². The van der Waals surface area contributed by atoms with Crippen LogP contribution in [0, 0.1) is 5.82 Å². The van der Waals surface area contributed by atoms with E-state index in [1.807, 2.05) is 18.2 Å². The summed E-state index contributed by atoms with van der Waals surface area (Å²) in [6, 6.07) is 11.1. The molecule has 1 aliphatic rings. The van der Waals surface area contributed by atoms with E-state index in [0.29, 0.717) is 41.7 Å². The third-order valence-corrected chi connectivity index (χ3v) is 4.20. The number of ether oxygens (including phenoxy) is 2. The molecule has 2 aromatic carbocycles. The third-order valence-electron chi connectivity index (χ3n) is 4.20. The quantitative estimate of drug-likeness (QED) is 0.768. The molecule has 0 aliphatic carbocycles. The molecular formula is C20H18FN3O3. The van der Waals surface area contributed by atoms with E-state index in [0.717, 1.165) is 12.0 Å². The van der Waals surface area contributed by atoms with Crippen LogP contribution in [-0.2, 0) is 7.05 Å². The Morgan fingerprint density at radius 3 is 2.63 bits per heavy atom. The minimum Gasteiger partial charge on any atom is -0.490 e. The van der Waals surface area contributed by atoms with Crippen molar-refractivity contribution in [3.8, 4) is 22.8 Å². The zero-order valence-corrected chi connectivity index (χ0v) is 14.7. The molecule has 0 spiro atoms. The molecule has 3 aromatic rings. The number of aromatic nitrogens is 2. The SMILES string of the molecule is Cn1cc(C(=O)Nc2ccc(F)cc2)c(-c2ccc3c(c2)OCCCO3)n1. The van der Waals surface area contributed by atoms with Crippen LogP contribution in [0.15, 0.2) is 48.7 Å². The molecule has 1 N–H and O–H groups in total. The molecule has 1 amide bonds. The Labute approximate surface area is 155 Å². The summed E-state index contributed by atoms with van der Waals surface area (Å²) in [5.74, 6) is 0.643. The number of aryl methyl sites for hydroxylation is 1. The summed E-state index contributed by atoms with van der Waals surface area (Å²) in [4.78, 5) is 12.7. The Morgan fingerprint density at radius 1 is 1.11 bits per heavy atom. The van der Waals surface area contributed by atoms with Gasteiger partial charge in [-0.25, -0.2) is 4.39 Å². The van der Waals surface area contributed by atoms with Crippen molar-refractivity contribution >= 4 is 11.6 Å². The topological polar surface area (TPSA) is 65.4 Å². The highest BCUT2D eigenvalue weighted by Gasteiger charge is 2.20. The van der Waals surface area contributed by atoms with E-state index in [1.165, 1.54) is 24.3 Å². The van der Waals surface area contributed by atoms with Crippen LogP contribution in [0.1, 0.15) is 16.8 Å². The minimum atomic E-state index is -0.359. The summed E-state index contributed by atoms with van der Waals surface area (Å²) in [5, 5.41) is 7.20. The number of hydrogen-bond donors (Lipinski definition) is 1. The molecule has 4 rings (SSSR count). The van der Waals surface area contributed by atoms with Gasteiger partial charge < -0.3 is 14.8 Å². The van der Waals surface area contributed by atoms with E-state index in [-0.39, 0.29) is 11.7 Å². The van der Waals surface area contributed by atoms with Crippen LogP contribution >= 0.6 is 0 Å². The molecule has 7 heteroatoms. The standard InChI is InChI=1S/C20H18FN3O3/c1-24-12-16(20(25)22-15-6-4-14(21)5-7-15)19(23-24)13-3-8-17-18(11-13)27-10-2-9-26-17/h3-8,11-12H,2,9-10H2,1H3,(H,22,25). The van der Waals surface area contributed by atoms with Crippen molar-refractivity contribution in [2.24, 2.45) is 7.05 Å². The number of amides is 1. The van der Waals surface area contributed by atoms with E-state index < -0.39 is 0 Å². The van der Waals surface area contributed by atoms with Crippen LogP contribution in [0.5, 0.6) is 11.5 Å². The number of fused-ring (bicyclic) bond motifs is 1. The summed E-state index contributed by atoms with van der Waals surface area (Å²) in [6.07, 6.45) is 2.47. The molecule has 0 fully saturated rings. The first kappa shape index (κ1) is 17.1. The van der Waals surface area contributed by atoms with Crippen molar-refractivity contribution < 1.29 is 18.7 Å². The number of benzene rings is 2. The lowest BCUT2D eigenvalue weighted by Gasteiger charge is -2.09. The maximum absolute atomic E-state index is 13.1. The van der Waals surface area contributed by atoms with Gasteiger partial charge >= 0.3 is 0 Å². The van der Waals surface area contributed by atoms with E-state index in [9.17, 15) is 9.18 Å². The number of hydrogen-bond acceptors (Lipinski definition) is 4. The average Bonchev–Trinajstić information content (AvgIpc) is 2.91. The van der Waals surface area contributed by atoms with Crippen molar-refractivity contribution in [1.29, 1.82) is 0 Å². The molecule has 2 heterocycles. The van der Waals surface area contributed by atoms with E-state index in [2.05, 4.69) is 10.4 Å². The largest absolute Gasteiger partial charge is 0.490 e. The van der Waals surface area contributed by atoms with Crippen molar-refractivity contribution in [2.45, 2.75) is 6.42 Å². The fraction of sp³-hybridized carbons (Fsp3) is 0.200. The maximum atomic E-state index is 13.1. The minimum absolute atomic E-state index is 0.322. The molecule has 6 nitrogen and oxygen atoms in total. The average molecular weight is 367 g/mol. The predicted octanol–water partition coefficient (Wildman–Crippen LogP) is 3.64. The number of carbonyl (C=O) groups excluding carboxylic acids is 1. The highest BCUT2D eigenvalue weighted by molar-refractivity contribution is 6.08. The van der Waals surface area contributed by atoms with Crippen molar-refractivity contribution in [1.82, 2.24) is 9.78 Å². The highest BCUT2D eigenvalue weighted by atomic mass is 19.1. The first-order valence-corrected chi connectivity index (χ1v) is 8.61. The van der Waals surface area contributed by atoms with Gasteiger partial charge in [-0.1, -0.05) is 0 Å². The lowest BCUT2D eigenvalue weighted by molar-refractivity contribution is 0.102. The Kier molecular flexibility index (Phi) is 4.50. The second kappa shape index (κ2) is 7.11. The maximum Gasteiger partial charge on any atom is 0.259 e. The Hall–Kier alpha value is -3.35. The predicted molar refractivity (Wildman–Crippen MR) is 98.6 cm³/mol. The van der Waals surface area contributed by atoms with Gasteiger partial charge in [0.15, 0.2) is 11.5 Å². The smallest absolute Gasteiger partial charge is 0.259 e. The summed E-state index contributed by atoms with van der Waals surface area (Å²) in [5.41, 5.74) is 2.21. The number of rotatable bonds is 3. The van der Waals surface area contributed by atoms with E-state index >= 15 is 0 Å².